The molecule has 2 aliphatic rings. The zero-order valence-electron chi connectivity index (χ0n) is 19.9. The third-order valence-electron chi connectivity index (χ3n) is 6.33. The van der Waals surface area contributed by atoms with Crippen molar-refractivity contribution < 1.29 is 28.6 Å². The number of hydrogen-bond acceptors (Lipinski definition) is 7. The van der Waals surface area contributed by atoms with E-state index in [1.807, 2.05) is 18.2 Å². The molecule has 2 aromatic rings. The van der Waals surface area contributed by atoms with Crippen molar-refractivity contribution in [2.45, 2.75) is 65.4 Å². The predicted molar refractivity (Wildman–Crippen MR) is 130 cm³/mol. The van der Waals surface area contributed by atoms with E-state index in [-0.39, 0.29) is 13.2 Å². The Bertz CT molecular complexity index is 1090. The van der Waals surface area contributed by atoms with Gasteiger partial charge in [-0.05, 0) is 87.1 Å². The topological polar surface area (TPSA) is 90.9 Å². The van der Waals surface area contributed by atoms with E-state index in [2.05, 4.69) is 12.2 Å². The van der Waals surface area contributed by atoms with E-state index in [9.17, 15) is 14.4 Å². The molecule has 1 aromatic heterocycles. The van der Waals surface area contributed by atoms with E-state index >= 15 is 0 Å². The van der Waals surface area contributed by atoms with Crippen molar-refractivity contribution in [1.82, 2.24) is 0 Å². The number of anilines is 1. The zero-order valence-corrected chi connectivity index (χ0v) is 20.7. The molecule has 0 bridgehead atoms. The minimum atomic E-state index is -1.04. The third kappa shape index (κ3) is 5.43. The first kappa shape index (κ1) is 24.3. The Labute approximate surface area is 203 Å². The molecule has 7 nitrogen and oxygen atoms in total. The number of aryl methyl sites for hydroxylation is 2. The fourth-order valence-electron chi connectivity index (χ4n) is 4.54. The Balaban J connectivity index is 1.36. The number of rotatable bonds is 8. The van der Waals surface area contributed by atoms with Crippen LogP contribution in [0.2, 0.25) is 0 Å². The largest absolute Gasteiger partial charge is 0.482 e. The van der Waals surface area contributed by atoms with E-state index < -0.39 is 23.9 Å². The molecule has 4 rings (SSSR count). The SMILES string of the molecule is CCOC(=O)c1c(NC(=O)C(C)OC(=O)COc2ccc3c(c2)CCC3)sc2c1CCC(C)C2. The van der Waals surface area contributed by atoms with Crippen molar-refractivity contribution in [3.05, 3.63) is 45.3 Å². The van der Waals surface area contributed by atoms with Gasteiger partial charge in [0.1, 0.15) is 10.8 Å². The standard InChI is InChI=1S/C26H31NO6S/c1-4-31-26(30)23-20-11-8-15(2)12-21(20)34-25(23)27-24(29)16(3)33-22(28)14-32-19-10-9-17-6-5-7-18(17)13-19/h9-10,13,15-16H,4-8,11-12,14H2,1-3H3,(H,27,29). The lowest BCUT2D eigenvalue weighted by Gasteiger charge is -2.18. The summed E-state index contributed by atoms with van der Waals surface area (Å²) in [5, 5.41) is 3.25. The number of thiophene rings is 1. The van der Waals surface area contributed by atoms with Gasteiger partial charge in [-0.1, -0.05) is 13.0 Å². The second kappa shape index (κ2) is 10.6. The number of esters is 2. The normalized spacial score (nSPS) is 17.3. The van der Waals surface area contributed by atoms with Gasteiger partial charge in [0, 0.05) is 4.88 Å². The van der Waals surface area contributed by atoms with Gasteiger partial charge in [-0.15, -0.1) is 11.3 Å². The van der Waals surface area contributed by atoms with Gasteiger partial charge >= 0.3 is 11.9 Å². The second-order valence-corrected chi connectivity index (χ2v) is 10.1. The van der Waals surface area contributed by atoms with Crippen LogP contribution in [0, 0.1) is 5.92 Å². The summed E-state index contributed by atoms with van der Waals surface area (Å²) < 4.78 is 16.1. The van der Waals surface area contributed by atoms with Gasteiger partial charge in [0.2, 0.25) is 0 Å². The van der Waals surface area contributed by atoms with Crippen LogP contribution in [-0.4, -0.2) is 37.2 Å². The maximum atomic E-state index is 12.8. The molecule has 0 saturated carbocycles. The molecule has 1 N–H and O–H groups in total. The molecule has 2 atom stereocenters. The molecule has 0 spiro atoms. The lowest BCUT2D eigenvalue weighted by atomic mass is 9.88. The van der Waals surface area contributed by atoms with Gasteiger partial charge in [0.15, 0.2) is 12.7 Å². The van der Waals surface area contributed by atoms with Crippen molar-refractivity contribution in [2.75, 3.05) is 18.5 Å². The average molecular weight is 486 g/mol. The summed E-state index contributed by atoms with van der Waals surface area (Å²) in [5.41, 5.74) is 3.97. The number of amides is 1. The minimum absolute atomic E-state index is 0.255. The number of benzene rings is 1. The van der Waals surface area contributed by atoms with E-state index in [4.69, 9.17) is 14.2 Å². The summed E-state index contributed by atoms with van der Waals surface area (Å²) in [6.07, 6.45) is 4.83. The zero-order chi connectivity index (χ0) is 24.2. The van der Waals surface area contributed by atoms with E-state index in [1.165, 1.54) is 29.4 Å². The molecular formula is C26H31NO6S. The molecule has 2 aliphatic carbocycles. The van der Waals surface area contributed by atoms with Gasteiger partial charge in [-0.25, -0.2) is 9.59 Å². The highest BCUT2D eigenvalue weighted by molar-refractivity contribution is 7.17. The smallest absolute Gasteiger partial charge is 0.344 e. The first-order valence-corrected chi connectivity index (χ1v) is 12.7. The average Bonchev–Trinajstić information content (AvgIpc) is 3.41. The summed E-state index contributed by atoms with van der Waals surface area (Å²) in [4.78, 5) is 38.8. The number of fused-ring (bicyclic) bond motifs is 2. The quantitative estimate of drug-likeness (QED) is 0.554. The number of carbonyl (C=O) groups excluding carboxylic acids is 3. The fraction of sp³-hybridized carbons (Fsp3) is 0.500. The van der Waals surface area contributed by atoms with E-state index in [1.54, 1.807) is 6.92 Å². The third-order valence-corrected chi connectivity index (χ3v) is 7.50. The van der Waals surface area contributed by atoms with Crippen LogP contribution in [0.15, 0.2) is 18.2 Å². The maximum Gasteiger partial charge on any atom is 0.344 e. The Morgan fingerprint density at radius 1 is 1.18 bits per heavy atom. The van der Waals surface area contributed by atoms with Crippen molar-refractivity contribution >= 4 is 34.2 Å². The van der Waals surface area contributed by atoms with Gasteiger partial charge in [-0.3, -0.25) is 4.79 Å². The Kier molecular flexibility index (Phi) is 7.56. The van der Waals surface area contributed by atoms with E-state index in [0.29, 0.717) is 22.2 Å². The molecule has 0 saturated heterocycles. The molecule has 182 valence electrons. The first-order valence-electron chi connectivity index (χ1n) is 11.9. The number of hydrogen-bond donors (Lipinski definition) is 1. The van der Waals surface area contributed by atoms with E-state index in [0.717, 1.165) is 49.0 Å². The number of nitrogens with one attached hydrogen (secondary N) is 1. The van der Waals surface area contributed by atoms with Crippen LogP contribution >= 0.6 is 11.3 Å². The van der Waals surface area contributed by atoms with Crippen molar-refractivity contribution in [2.24, 2.45) is 5.92 Å². The Hall–Kier alpha value is -2.87. The number of carbonyl (C=O) groups is 3. The van der Waals surface area contributed by atoms with Crippen molar-refractivity contribution in [1.29, 1.82) is 0 Å². The van der Waals surface area contributed by atoms with Crippen LogP contribution in [0.3, 0.4) is 0 Å². The van der Waals surface area contributed by atoms with Gasteiger partial charge in [0.05, 0.1) is 12.2 Å². The molecule has 1 heterocycles. The highest BCUT2D eigenvalue weighted by atomic mass is 32.1. The molecule has 1 amide bonds. The van der Waals surface area contributed by atoms with Crippen LogP contribution in [0.25, 0.3) is 0 Å². The van der Waals surface area contributed by atoms with Crippen LogP contribution in [0.1, 0.15) is 65.5 Å². The number of ether oxygens (including phenoxy) is 3. The summed E-state index contributed by atoms with van der Waals surface area (Å²) >= 11 is 1.40. The van der Waals surface area contributed by atoms with Crippen LogP contribution in [0.4, 0.5) is 5.00 Å². The summed E-state index contributed by atoms with van der Waals surface area (Å²) in [7, 11) is 0. The molecule has 34 heavy (non-hydrogen) atoms. The van der Waals surface area contributed by atoms with Crippen LogP contribution in [-0.2, 0) is 44.7 Å². The molecule has 2 unspecified atom stereocenters. The van der Waals surface area contributed by atoms with Crippen LogP contribution < -0.4 is 10.1 Å². The second-order valence-electron chi connectivity index (χ2n) is 8.97. The fourth-order valence-corrected chi connectivity index (χ4v) is 5.94. The van der Waals surface area contributed by atoms with Crippen molar-refractivity contribution in [3.8, 4) is 5.75 Å². The van der Waals surface area contributed by atoms with Gasteiger partial charge < -0.3 is 19.5 Å². The minimum Gasteiger partial charge on any atom is -0.482 e. The molecule has 0 radical (unpaired) electrons. The lowest BCUT2D eigenvalue weighted by molar-refractivity contribution is -0.155. The monoisotopic (exact) mass is 485 g/mol. The molecule has 8 heteroatoms. The first-order chi connectivity index (χ1) is 16.4. The predicted octanol–water partition coefficient (Wildman–Crippen LogP) is 4.49. The highest BCUT2D eigenvalue weighted by Crippen LogP contribution is 2.40. The van der Waals surface area contributed by atoms with Crippen molar-refractivity contribution in [3.63, 3.8) is 0 Å². The molecule has 1 aromatic carbocycles. The molecular weight excluding hydrogens is 454 g/mol. The van der Waals surface area contributed by atoms with Gasteiger partial charge in [0.25, 0.3) is 5.91 Å². The lowest BCUT2D eigenvalue weighted by Crippen LogP contribution is -2.32. The Morgan fingerprint density at radius 3 is 2.76 bits per heavy atom. The summed E-state index contributed by atoms with van der Waals surface area (Å²) in [6.45, 7) is 5.41. The molecule has 0 aliphatic heterocycles. The molecule has 0 fully saturated rings. The maximum absolute atomic E-state index is 12.8. The summed E-state index contributed by atoms with van der Waals surface area (Å²) in [6, 6.07) is 5.84. The van der Waals surface area contributed by atoms with Gasteiger partial charge in [-0.2, -0.15) is 0 Å². The van der Waals surface area contributed by atoms with Crippen LogP contribution in [0.5, 0.6) is 5.75 Å². The summed E-state index contributed by atoms with van der Waals surface area (Å²) in [5.74, 6) is -0.420. The highest BCUT2D eigenvalue weighted by Gasteiger charge is 2.30. The Morgan fingerprint density at radius 2 is 1.97 bits per heavy atom.